The van der Waals surface area contributed by atoms with Crippen molar-refractivity contribution in [3.63, 3.8) is 0 Å². The van der Waals surface area contributed by atoms with Gasteiger partial charge < -0.3 is 57.4 Å². The van der Waals surface area contributed by atoms with Crippen LogP contribution in [0.5, 0.6) is 5.75 Å². The topological polar surface area (TPSA) is 291 Å². The summed E-state index contributed by atoms with van der Waals surface area (Å²) in [5, 5.41) is 28.4. The van der Waals surface area contributed by atoms with Gasteiger partial charge in [-0.2, -0.15) is 0 Å². The van der Waals surface area contributed by atoms with Gasteiger partial charge in [0, 0.05) is 38.7 Å². The first-order valence-electron chi connectivity index (χ1n) is 18.5. The molecule has 1 unspecified atom stereocenters. The van der Waals surface area contributed by atoms with Crippen LogP contribution >= 0.6 is 0 Å². The lowest BCUT2D eigenvalue weighted by atomic mass is 10.0. The molecule has 0 aliphatic carbocycles. The SMILES string of the molecule is CC(C)C[C@H](NC(=O)[C@@H]1CCCN1C(=O)[C@H](CCCNC(=N)N)NC(=O)[C@H](Cc1c[nH]cn1)NC(=O)CN)C(=O)N1CCC(Oc2ccccc2)[C@H]1C(=O)O. The number of carbonyl (C=O) groups excluding carboxylic acids is 5. The van der Waals surface area contributed by atoms with Gasteiger partial charge in [0.25, 0.3) is 0 Å². The number of H-pyrrole nitrogens is 1. The fourth-order valence-electron chi connectivity index (χ4n) is 6.90. The molecule has 2 saturated heterocycles. The summed E-state index contributed by atoms with van der Waals surface area (Å²) in [6.45, 7) is 3.92. The summed E-state index contributed by atoms with van der Waals surface area (Å²) in [5.41, 5.74) is 11.4. The van der Waals surface area contributed by atoms with E-state index in [0.29, 0.717) is 24.3 Å². The Morgan fingerprint density at radius 2 is 1.73 bits per heavy atom. The van der Waals surface area contributed by atoms with Crippen LogP contribution < -0.4 is 37.5 Å². The number of carboxylic acid groups (broad SMARTS) is 1. The van der Waals surface area contributed by atoms with Crippen molar-refractivity contribution in [2.75, 3.05) is 26.2 Å². The van der Waals surface area contributed by atoms with Crippen LogP contribution in [-0.2, 0) is 35.2 Å². The molecule has 2 fully saturated rings. The number of carboxylic acids is 1. The molecule has 0 spiro atoms. The Morgan fingerprint density at radius 1 is 1.00 bits per heavy atom. The number of likely N-dealkylation sites (tertiary alicyclic amines) is 2. The highest BCUT2D eigenvalue weighted by molar-refractivity contribution is 5.96. The molecule has 55 heavy (non-hydrogen) atoms. The van der Waals surface area contributed by atoms with Gasteiger partial charge in [0.15, 0.2) is 12.0 Å². The first-order chi connectivity index (χ1) is 26.3. The standard InChI is InChI=1S/C36H53N11O8/c1-21(2)16-26(34(52)47-15-12-28(30(47)35(53)54)55-23-8-4-3-5-9-23)45-32(50)27-11-7-14-46(27)33(51)24(10-6-13-41-36(38)39)44-31(49)25(43-29(48)18-37)17-22-19-40-20-42-22/h3-5,8-9,19-21,24-28,30H,6-7,10-18,37H2,1-2H3,(H,40,42)(H,43,48)(H,44,49)(H,45,50)(H,53,54)(H4,38,39,41)/t24-,25-,26-,27-,28?,30-/m0/s1. The molecule has 2 aromatic rings. The highest BCUT2D eigenvalue weighted by Gasteiger charge is 2.46. The van der Waals surface area contributed by atoms with Gasteiger partial charge in [0.2, 0.25) is 29.5 Å². The molecule has 300 valence electrons. The van der Waals surface area contributed by atoms with Gasteiger partial charge in [-0.1, -0.05) is 32.0 Å². The maximum atomic E-state index is 14.2. The summed E-state index contributed by atoms with van der Waals surface area (Å²) in [4.78, 5) is 90.1. The zero-order valence-corrected chi connectivity index (χ0v) is 31.2. The van der Waals surface area contributed by atoms with Gasteiger partial charge >= 0.3 is 5.97 Å². The van der Waals surface area contributed by atoms with Crippen molar-refractivity contribution in [2.24, 2.45) is 17.4 Å². The Kier molecular flexibility index (Phi) is 15.4. The summed E-state index contributed by atoms with van der Waals surface area (Å²) in [7, 11) is 0. The van der Waals surface area contributed by atoms with Gasteiger partial charge in [0.05, 0.1) is 18.6 Å². The second kappa shape index (κ2) is 20.1. The van der Waals surface area contributed by atoms with E-state index in [9.17, 15) is 33.9 Å². The quantitative estimate of drug-likeness (QED) is 0.0463. The number of benzene rings is 1. The summed E-state index contributed by atoms with van der Waals surface area (Å²) in [6, 6.07) is 3.14. The number of nitrogens with one attached hydrogen (secondary N) is 6. The van der Waals surface area contributed by atoms with Crippen LogP contribution in [0.15, 0.2) is 42.9 Å². The van der Waals surface area contributed by atoms with Gasteiger partial charge in [-0.15, -0.1) is 0 Å². The number of aromatic nitrogens is 2. The number of aliphatic carboxylic acids is 1. The number of guanidine groups is 1. The van der Waals surface area contributed by atoms with Gasteiger partial charge in [-0.05, 0) is 50.2 Å². The number of ether oxygens (including phenoxy) is 1. The molecular weight excluding hydrogens is 714 g/mol. The van der Waals surface area contributed by atoms with Gasteiger partial charge in [0.1, 0.15) is 36.0 Å². The Labute approximate surface area is 319 Å². The van der Waals surface area contributed by atoms with E-state index in [1.807, 2.05) is 13.8 Å². The van der Waals surface area contributed by atoms with Crippen molar-refractivity contribution in [1.29, 1.82) is 5.41 Å². The first kappa shape index (κ1) is 42.0. The second-order valence-corrected chi connectivity index (χ2v) is 14.1. The molecule has 19 heteroatoms. The van der Waals surface area contributed by atoms with Crippen LogP contribution in [0, 0.1) is 11.3 Å². The van der Waals surface area contributed by atoms with E-state index >= 15 is 0 Å². The van der Waals surface area contributed by atoms with Gasteiger partial charge in [-0.3, -0.25) is 29.4 Å². The normalized spacial score (nSPS) is 19.6. The first-order valence-corrected chi connectivity index (χ1v) is 18.5. The molecule has 1 aromatic carbocycles. The number of nitrogens with two attached hydrogens (primary N) is 2. The van der Waals surface area contributed by atoms with Crippen molar-refractivity contribution in [3.8, 4) is 5.75 Å². The third-order valence-corrected chi connectivity index (χ3v) is 9.47. The lowest BCUT2D eigenvalue weighted by molar-refractivity contribution is -0.152. The van der Waals surface area contributed by atoms with E-state index < -0.39 is 71.8 Å². The molecule has 4 rings (SSSR count). The van der Waals surface area contributed by atoms with Crippen LogP contribution in [-0.4, -0.2) is 129 Å². The number of hydrogen-bond donors (Lipinski definition) is 9. The van der Waals surface area contributed by atoms with Gasteiger partial charge in [-0.25, -0.2) is 9.78 Å². The second-order valence-electron chi connectivity index (χ2n) is 14.1. The van der Waals surface area contributed by atoms with Crippen molar-refractivity contribution in [3.05, 3.63) is 48.5 Å². The molecule has 11 N–H and O–H groups in total. The predicted octanol–water partition coefficient (Wildman–Crippen LogP) is -1.20. The number of para-hydroxylation sites is 1. The zero-order chi connectivity index (χ0) is 40.1. The molecule has 0 bridgehead atoms. The van der Waals surface area contributed by atoms with Crippen molar-refractivity contribution < 1.29 is 38.6 Å². The fraction of sp³-hybridized carbons (Fsp3) is 0.556. The number of hydrogen-bond acceptors (Lipinski definition) is 10. The number of nitrogens with zero attached hydrogens (tertiary/aromatic N) is 3. The number of rotatable bonds is 19. The minimum absolute atomic E-state index is 0.00672. The molecule has 6 atom stereocenters. The molecular formula is C36H53N11O8. The minimum Gasteiger partial charge on any atom is -0.488 e. The average molecular weight is 768 g/mol. The highest BCUT2D eigenvalue weighted by Crippen LogP contribution is 2.27. The summed E-state index contributed by atoms with van der Waals surface area (Å²) >= 11 is 0. The monoisotopic (exact) mass is 767 g/mol. The molecule has 2 aliphatic rings. The van der Waals surface area contributed by atoms with E-state index in [1.165, 1.54) is 16.1 Å². The molecule has 1 aromatic heterocycles. The van der Waals surface area contributed by atoms with Crippen LogP contribution in [0.25, 0.3) is 0 Å². The lowest BCUT2D eigenvalue weighted by Crippen LogP contribution is -2.59. The number of carbonyl (C=O) groups is 6. The summed E-state index contributed by atoms with van der Waals surface area (Å²) in [6.07, 6.45) is 3.85. The van der Waals surface area contributed by atoms with Crippen molar-refractivity contribution >= 4 is 41.5 Å². The molecule has 0 saturated carbocycles. The Hall–Kier alpha value is -5.72. The lowest BCUT2D eigenvalue weighted by Gasteiger charge is -2.32. The maximum absolute atomic E-state index is 14.2. The predicted molar refractivity (Wildman–Crippen MR) is 199 cm³/mol. The summed E-state index contributed by atoms with van der Waals surface area (Å²) in [5.74, 6) is -4.02. The van der Waals surface area contributed by atoms with Crippen LogP contribution in [0.1, 0.15) is 58.1 Å². The number of imidazole rings is 1. The zero-order valence-electron chi connectivity index (χ0n) is 31.2. The molecule has 5 amide bonds. The van der Waals surface area contributed by atoms with E-state index in [4.69, 9.17) is 21.6 Å². The smallest absolute Gasteiger partial charge is 0.330 e. The summed E-state index contributed by atoms with van der Waals surface area (Å²) < 4.78 is 5.97. The average Bonchev–Trinajstić information content (AvgIpc) is 3.94. The Balaban J connectivity index is 1.50. The third-order valence-electron chi connectivity index (χ3n) is 9.47. The van der Waals surface area contributed by atoms with Crippen LogP contribution in [0.3, 0.4) is 0 Å². The Morgan fingerprint density at radius 3 is 2.36 bits per heavy atom. The minimum atomic E-state index is -1.28. The van der Waals surface area contributed by atoms with Crippen LogP contribution in [0.2, 0.25) is 0 Å². The maximum Gasteiger partial charge on any atom is 0.330 e. The van der Waals surface area contributed by atoms with E-state index in [2.05, 4.69) is 31.2 Å². The van der Waals surface area contributed by atoms with Crippen LogP contribution in [0.4, 0.5) is 0 Å². The molecule has 2 aliphatic heterocycles. The third kappa shape index (κ3) is 11.9. The number of amides is 5. The van der Waals surface area contributed by atoms with E-state index in [0.717, 1.165) is 0 Å². The molecule has 0 radical (unpaired) electrons. The van der Waals surface area contributed by atoms with Crippen molar-refractivity contribution in [1.82, 2.24) is 41.0 Å². The number of aromatic amines is 1. The fourth-order valence-corrected chi connectivity index (χ4v) is 6.90. The largest absolute Gasteiger partial charge is 0.488 e. The Bertz CT molecular complexity index is 1640. The van der Waals surface area contributed by atoms with E-state index in [-0.39, 0.29) is 70.2 Å². The van der Waals surface area contributed by atoms with Crippen molar-refractivity contribution in [2.45, 2.75) is 95.1 Å². The molecule has 19 nitrogen and oxygen atoms in total. The van der Waals surface area contributed by atoms with E-state index in [1.54, 1.807) is 36.5 Å². The molecule has 3 heterocycles. The highest BCUT2D eigenvalue weighted by atomic mass is 16.5.